The minimum Gasteiger partial charge on any atom is -0.468 e. The lowest BCUT2D eigenvalue weighted by Crippen LogP contribution is -2.39. The summed E-state index contributed by atoms with van der Waals surface area (Å²) in [5, 5.41) is 0. The highest BCUT2D eigenvalue weighted by Crippen LogP contribution is 2.04. The van der Waals surface area contributed by atoms with Gasteiger partial charge in [-0.05, 0) is 27.2 Å². The van der Waals surface area contributed by atoms with Gasteiger partial charge in [-0.2, -0.15) is 0 Å². The van der Waals surface area contributed by atoms with Crippen molar-refractivity contribution in [3.63, 3.8) is 0 Å². The lowest BCUT2D eigenvalue weighted by Gasteiger charge is -2.27. The summed E-state index contributed by atoms with van der Waals surface area (Å²) < 4.78 is 10.2. The fraction of sp³-hybridized carbons (Fsp3) is 0.917. The van der Waals surface area contributed by atoms with E-state index >= 15 is 0 Å². The number of ether oxygens (including phenoxy) is 2. The maximum absolute atomic E-state index is 11.2. The molecule has 0 aromatic rings. The van der Waals surface area contributed by atoms with Crippen LogP contribution in [0.1, 0.15) is 27.2 Å². The zero-order valence-electron chi connectivity index (χ0n) is 11.4. The van der Waals surface area contributed by atoms with Gasteiger partial charge in [0, 0.05) is 25.7 Å². The molecule has 0 spiro atoms. The standard InChI is InChI=1S/C12H26N2O3/c1-5-17-11(8-13)6-7-14(10(2)3)9-12(15)16-4/h10-11H,5-9,13H2,1-4H3. The number of nitrogens with zero attached hydrogens (tertiary/aromatic N) is 1. The average molecular weight is 246 g/mol. The first-order chi connectivity index (χ1) is 8.04. The highest BCUT2D eigenvalue weighted by atomic mass is 16.5. The van der Waals surface area contributed by atoms with Crippen molar-refractivity contribution in [2.75, 3.05) is 33.4 Å². The molecule has 0 aliphatic rings. The van der Waals surface area contributed by atoms with E-state index in [0.29, 0.717) is 25.7 Å². The first-order valence-corrected chi connectivity index (χ1v) is 6.17. The van der Waals surface area contributed by atoms with Crippen LogP contribution >= 0.6 is 0 Å². The first-order valence-electron chi connectivity index (χ1n) is 6.17. The Balaban J connectivity index is 4.11. The van der Waals surface area contributed by atoms with Crippen molar-refractivity contribution in [1.82, 2.24) is 4.90 Å². The van der Waals surface area contributed by atoms with E-state index in [0.717, 1.165) is 13.0 Å². The van der Waals surface area contributed by atoms with Crippen LogP contribution in [0.2, 0.25) is 0 Å². The smallest absolute Gasteiger partial charge is 0.319 e. The van der Waals surface area contributed by atoms with E-state index in [4.69, 9.17) is 10.5 Å². The third-order valence-corrected chi connectivity index (χ3v) is 2.69. The highest BCUT2D eigenvalue weighted by Gasteiger charge is 2.16. The first kappa shape index (κ1) is 16.4. The molecule has 0 aromatic carbocycles. The molecule has 17 heavy (non-hydrogen) atoms. The van der Waals surface area contributed by atoms with Crippen molar-refractivity contribution in [1.29, 1.82) is 0 Å². The van der Waals surface area contributed by atoms with Crippen LogP contribution in [0.4, 0.5) is 0 Å². The summed E-state index contributed by atoms with van der Waals surface area (Å²) in [6.07, 6.45) is 0.901. The number of carbonyl (C=O) groups excluding carboxylic acids is 1. The third kappa shape index (κ3) is 7.31. The predicted octanol–water partition coefficient (Wildman–Crippen LogP) is 0.624. The molecule has 0 aromatic heterocycles. The molecule has 0 bridgehead atoms. The number of rotatable bonds is 9. The summed E-state index contributed by atoms with van der Waals surface area (Å²) in [7, 11) is 1.41. The fourth-order valence-corrected chi connectivity index (χ4v) is 1.56. The van der Waals surface area contributed by atoms with E-state index in [9.17, 15) is 4.79 Å². The minimum absolute atomic E-state index is 0.0684. The van der Waals surface area contributed by atoms with Gasteiger partial charge < -0.3 is 15.2 Å². The van der Waals surface area contributed by atoms with Gasteiger partial charge in [0.05, 0.1) is 19.8 Å². The molecule has 0 radical (unpaired) electrons. The number of carbonyl (C=O) groups is 1. The van der Waals surface area contributed by atoms with Gasteiger partial charge >= 0.3 is 5.97 Å². The summed E-state index contributed by atoms with van der Waals surface area (Å²) in [6, 6.07) is 0.300. The van der Waals surface area contributed by atoms with Gasteiger partial charge in [-0.25, -0.2) is 0 Å². The molecule has 1 unspecified atom stereocenters. The van der Waals surface area contributed by atoms with E-state index in [-0.39, 0.29) is 12.1 Å². The summed E-state index contributed by atoms with van der Waals surface area (Å²) in [5.41, 5.74) is 5.61. The molecule has 2 N–H and O–H groups in total. The SMILES string of the molecule is CCOC(CN)CCN(CC(=O)OC)C(C)C. The number of nitrogens with two attached hydrogens (primary N) is 1. The van der Waals surface area contributed by atoms with Crippen LogP contribution in [0.15, 0.2) is 0 Å². The molecule has 1 atom stereocenters. The normalized spacial score (nSPS) is 13.1. The fourth-order valence-electron chi connectivity index (χ4n) is 1.56. The Kier molecular flexibility index (Phi) is 9.03. The second-order valence-corrected chi connectivity index (χ2v) is 4.24. The van der Waals surface area contributed by atoms with Gasteiger partial charge in [0.15, 0.2) is 0 Å². The van der Waals surface area contributed by atoms with E-state index in [2.05, 4.69) is 23.5 Å². The second-order valence-electron chi connectivity index (χ2n) is 4.24. The molecular weight excluding hydrogens is 220 g/mol. The highest BCUT2D eigenvalue weighted by molar-refractivity contribution is 5.71. The molecule has 0 aliphatic carbocycles. The minimum atomic E-state index is -0.209. The lowest BCUT2D eigenvalue weighted by molar-refractivity contribution is -0.142. The van der Waals surface area contributed by atoms with Crippen LogP contribution in [0.25, 0.3) is 0 Å². The number of esters is 1. The topological polar surface area (TPSA) is 64.8 Å². The summed E-state index contributed by atoms with van der Waals surface area (Å²) in [4.78, 5) is 13.3. The number of hydrogen-bond acceptors (Lipinski definition) is 5. The predicted molar refractivity (Wildman–Crippen MR) is 67.8 cm³/mol. The number of hydrogen-bond donors (Lipinski definition) is 1. The van der Waals surface area contributed by atoms with Gasteiger partial charge in [-0.15, -0.1) is 0 Å². The maximum atomic E-state index is 11.2. The Labute approximate surface area is 104 Å². The average Bonchev–Trinajstić information content (AvgIpc) is 2.31. The van der Waals surface area contributed by atoms with Gasteiger partial charge in [0.25, 0.3) is 0 Å². The van der Waals surface area contributed by atoms with Gasteiger partial charge in [0.1, 0.15) is 0 Å². The van der Waals surface area contributed by atoms with Crippen molar-refractivity contribution >= 4 is 5.97 Å². The summed E-state index contributed by atoms with van der Waals surface area (Å²) in [6.45, 7) is 8.35. The molecule has 102 valence electrons. The Morgan fingerprint density at radius 2 is 2.06 bits per heavy atom. The zero-order chi connectivity index (χ0) is 13.3. The molecular formula is C12H26N2O3. The van der Waals surface area contributed by atoms with Crippen LogP contribution in [0.3, 0.4) is 0 Å². The van der Waals surface area contributed by atoms with Crippen molar-refractivity contribution in [2.45, 2.75) is 39.3 Å². The van der Waals surface area contributed by atoms with Gasteiger partial charge in [-0.3, -0.25) is 9.69 Å². The maximum Gasteiger partial charge on any atom is 0.319 e. The summed E-state index contributed by atoms with van der Waals surface area (Å²) >= 11 is 0. The quantitative estimate of drug-likeness (QED) is 0.604. The van der Waals surface area contributed by atoms with E-state index in [1.54, 1.807) is 0 Å². The molecule has 5 nitrogen and oxygen atoms in total. The molecule has 5 heteroatoms. The van der Waals surface area contributed by atoms with Gasteiger partial charge in [0.2, 0.25) is 0 Å². The molecule has 0 saturated heterocycles. The van der Waals surface area contributed by atoms with E-state index in [1.165, 1.54) is 7.11 Å². The van der Waals surface area contributed by atoms with Crippen molar-refractivity contribution in [3.05, 3.63) is 0 Å². The molecule has 0 amide bonds. The zero-order valence-corrected chi connectivity index (χ0v) is 11.4. The molecule has 0 rings (SSSR count). The Morgan fingerprint density at radius 3 is 2.47 bits per heavy atom. The van der Waals surface area contributed by atoms with Gasteiger partial charge in [-0.1, -0.05) is 0 Å². The van der Waals surface area contributed by atoms with E-state index < -0.39 is 0 Å². The van der Waals surface area contributed by atoms with E-state index in [1.807, 2.05) is 6.92 Å². The molecule has 0 aliphatic heterocycles. The third-order valence-electron chi connectivity index (χ3n) is 2.69. The number of methoxy groups -OCH3 is 1. The van der Waals surface area contributed by atoms with Crippen molar-refractivity contribution in [2.24, 2.45) is 5.73 Å². The molecule has 0 fully saturated rings. The van der Waals surface area contributed by atoms with Crippen molar-refractivity contribution in [3.8, 4) is 0 Å². The summed E-state index contributed by atoms with van der Waals surface area (Å²) in [5.74, 6) is -0.209. The lowest BCUT2D eigenvalue weighted by atomic mass is 10.2. The van der Waals surface area contributed by atoms with Crippen molar-refractivity contribution < 1.29 is 14.3 Å². The monoisotopic (exact) mass is 246 g/mol. The molecule has 0 saturated carbocycles. The van der Waals surface area contributed by atoms with Crippen LogP contribution < -0.4 is 5.73 Å². The molecule has 0 heterocycles. The largest absolute Gasteiger partial charge is 0.468 e. The van der Waals surface area contributed by atoms with Crippen LogP contribution in [0, 0.1) is 0 Å². The Bertz CT molecular complexity index is 210. The van der Waals surface area contributed by atoms with Crippen LogP contribution in [-0.2, 0) is 14.3 Å². The Hall–Kier alpha value is -0.650. The van der Waals surface area contributed by atoms with Crippen LogP contribution in [-0.4, -0.2) is 56.4 Å². The van der Waals surface area contributed by atoms with Crippen LogP contribution in [0.5, 0.6) is 0 Å². The second kappa shape index (κ2) is 9.39. The Morgan fingerprint density at radius 1 is 1.41 bits per heavy atom.